The number of thioether (sulfide) groups is 1. The van der Waals surface area contributed by atoms with Gasteiger partial charge in [-0.05, 0) is 39.0 Å². The summed E-state index contributed by atoms with van der Waals surface area (Å²) in [6, 6.07) is 10.4. The molecular weight excluding hydrogens is 302 g/mol. The molecule has 1 unspecified atom stereocenters. The van der Waals surface area contributed by atoms with E-state index in [4.69, 9.17) is 5.73 Å². The first kappa shape index (κ1) is 12.2. The van der Waals surface area contributed by atoms with E-state index in [9.17, 15) is 0 Å². The van der Waals surface area contributed by atoms with E-state index in [0.29, 0.717) is 0 Å². The molecule has 2 N–H and O–H groups in total. The molecule has 0 aliphatic rings. The van der Waals surface area contributed by atoms with Crippen molar-refractivity contribution in [2.24, 2.45) is 5.73 Å². The lowest BCUT2D eigenvalue weighted by Gasteiger charge is -2.10. The first-order chi connectivity index (χ1) is 7.77. The average Bonchev–Trinajstić information content (AvgIpc) is 2.74. The number of benzene rings is 1. The minimum atomic E-state index is 0.0887. The van der Waals surface area contributed by atoms with Gasteiger partial charge in [0.15, 0.2) is 0 Å². The fraction of sp³-hybridized carbons (Fsp3) is 0.167. The summed E-state index contributed by atoms with van der Waals surface area (Å²) < 4.78 is 1.12. The third-order valence-corrected chi connectivity index (χ3v) is 5.10. The van der Waals surface area contributed by atoms with E-state index >= 15 is 0 Å². The van der Waals surface area contributed by atoms with Crippen LogP contribution in [0.5, 0.6) is 0 Å². The number of halogens is 1. The summed E-state index contributed by atoms with van der Waals surface area (Å²) in [5.74, 6) is 0.902. The quantitative estimate of drug-likeness (QED) is 0.851. The van der Waals surface area contributed by atoms with Crippen LogP contribution in [0.3, 0.4) is 0 Å². The zero-order chi connectivity index (χ0) is 11.4. The Morgan fingerprint density at radius 1 is 1.25 bits per heavy atom. The second kappa shape index (κ2) is 5.87. The fourth-order valence-corrected chi connectivity index (χ4v) is 3.91. The van der Waals surface area contributed by atoms with Crippen LogP contribution in [0.15, 0.2) is 50.5 Å². The van der Waals surface area contributed by atoms with E-state index in [1.807, 2.05) is 18.2 Å². The highest BCUT2D eigenvalue weighted by molar-refractivity contribution is 9.10. The van der Waals surface area contributed by atoms with Crippen molar-refractivity contribution in [1.29, 1.82) is 0 Å². The van der Waals surface area contributed by atoms with Crippen molar-refractivity contribution in [3.8, 4) is 0 Å². The Balaban J connectivity index is 1.94. The molecule has 0 aliphatic carbocycles. The summed E-state index contributed by atoms with van der Waals surface area (Å²) in [6.45, 7) is 0. The zero-order valence-electron chi connectivity index (χ0n) is 8.60. The minimum absolute atomic E-state index is 0.0887. The molecule has 2 aromatic rings. The standard InChI is InChI=1S/C12H12BrNS2/c13-11-7-15-6-10(11)12(14)8-16-9-4-2-1-3-5-9/h1-7,12H,8,14H2. The van der Waals surface area contributed by atoms with Crippen LogP contribution in [-0.4, -0.2) is 5.75 Å². The highest BCUT2D eigenvalue weighted by Crippen LogP contribution is 2.29. The summed E-state index contributed by atoms with van der Waals surface area (Å²) in [4.78, 5) is 1.27. The highest BCUT2D eigenvalue weighted by atomic mass is 79.9. The molecule has 1 aromatic heterocycles. The predicted octanol–water partition coefficient (Wildman–Crippen LogP) is 4.30. The third kappa shape index (κ3) is 3.10. The van der Waals surface area contributed by atoms with E-state index in [2.05, 4.69) is 38.8 Å². The Labute approximate surface area is 112 Å². The third-order valence-electron chi connectivity index (χ3n) is 2.21. The van der Waals surface area contributed by atoms with Crippen molar-refractivity contribution in [2.75, 3.05) is 5.75 Å². The average molecular weight is 314 g/mol. The van der Waals surface area contributed by atoms with Gasteiger partial charge < -0.3 is 5.73 Å². The molecular formula is C12H12BrNS2. The smallest absolute Gasteiger partial charge is 0.0409 e. The number of hydrogen-bond acceptors (Lipinski definition) is 3. The SMILES string of the molecule is NC(CSc1ccccc1)c1cscc1Br. The molecule has 0 aliphatic heterocycles. The van der Waals surface area contributed by atoms with E-state index in [1.54, 1.807) is 23.1 Å². The van der Waals surface area contributed by atoms with Crippen LogP contribution in [0.25, 0.3) is 0 Å². The van der Waals surface area contributed by atoms with Gasteiger partial charge in [0.25, 0.3) is 0 Å². The number of nitrogens with two attached hydrogens (primary N) is 1. The summed E-state index contributed by atoms with van der Waals surface area (Å²) in [6.07, 6.45) is 0. The van der Waals surface area contributed by atoms with Gasteiger partial charge in [-0.1, -0.05) is 18.2 Å². The van der Waals surface area contributed by atoms with Crippen LogP contribution < -0.4 is 5.73 Å². The van der Waals surface area contributed by atoms with Crippen molar-refractivity contribution < 1.29 is 0 Å². The van der Waals surface area contributed by atoms with Gasteiger partial charge >= 0.3 is 0 Å². The van der Waals surface area contributed by atoms with Crippen LogP contribution in [0.1, 0.15) is 11.6 Å². The lowest BCUT2D eigenvalue weighted by Crippen LogP contribution is -2.12. The molecule has 4 heteroatoms. The largest absolute Gasteiger partial charge is 0.323 e. The Morgan fingerprint density at radius 3 is 2.62 bits per heavy atom. The molecule has 1 heterocycles. The molecule has 0 saturated carbocycles. The number of thiophene rings is 1. The lowest BCUT2D eigenvalue weighted by molar-refractivity contribution is 0.831. The Morgan fingerprint density at radius 2 is 2.00 bits per heavy atom. The minimum Gasteiger partial charge on any atom is -0.323 e. The van der Waals surface area contributed by atoms with Crippen LogP contribution in [0.2, 0.25) is 0 Å². The maximum absolute atomic E-state index is 6.14. The van der Waals surface area contributed by atoms with Gasteiger partial charge in [0.1, 0.15) is 0 Å². The predicted molar refractivity (Wildman–Crippen MR) is 76.1 cm³/mol. The molecule has 1 aromatic carbocycles. The summed E-state index contributed by atoms with van der Waals surface area (Å²) in [5, 5.41) is 4.18. The Hall–Kier alpha value is -0.290. The van der Waals surface area contributed by atoms with E-state index in [-0.39, 0.29) is 6.04 Å². The molecule has 0 spiro atoms. The lowest BCUT2D eigenvalue weighted by atomic mass is 10.2. The molecule has 84 valence electrons. The fourth-order valence-electron chi connectivity index (χ4n) is 1.35. The number of hydrogen-bond donors (Lipinski definition) is 1. The van der Waals surface area contributed by atoms with Gasteiger partial charge in [0.05, 0.1) is 0 Å². The van der Waals surface area contributed by atoms with Crippen LogP contribution >= 0.6 is 39.0 Å². The van der Waals surface area contributed by atoms with Crippen molar-refractivity contribution in [3.05, 3.63) is 51.1 Å². The summed E-state index contributed by atoms with van der Waals surface area (Å²) in [5.41, 5.74) is 7.35. The van der Waals surface area contributed by atoms with Gasteiger partial charge in [-0.15, -0.1) is 11.8 Å². The summed E-state index contributed by atoms with van der Waals surface area (Å²) >= 11 is 6.99. The van der Waals surface area contributed by atoms with E-state index < -0.39 is 0 Å². The molecule has 1 nitrogen and oxygen atoms in total. The Bertz CT molecular complexity index is 441. The molecule has 16 heavy (non-hydrogen) atoms. The first-order valence-corrected chi connectivity index (χ1v) is 7.64. The molecule has 2 rings (SSSR count). The van der Waals surface area contributed by atoms with Gasteiger partial charge in [0.2, 0.25) is 0 Å². The molecule has 0 saturated heterocycles. The van der Waals surface area contributed by atoms with Crippen LogP contribution in [0, 0.1) is 0 Å². The maximum Gasteiger partial charge on any atom is 0.0409 e. The van der Waals surface area contributed by atoms with Gasteiger partial charge in [0, 0.05) is 26.5 Å². The second-order valence-electron chi connectivity index (χ2n) is 3.41. The zero-order valence-corrected chi connectivity index (χ0v) is 11.8. The summed E-state index contributed by atoms with van der Waals surface area (Å²) in [7, 11) is 0. The van der Waals surface area contributed by atoms with Crippen molar-refractivity contribution in [3.63, 3.8) is 0 Å². The topological polar surface area (TPSA) is 26.0 Å². The van der Waals surface area contributed by atoms with Gasteiger partial charge in [-0.2, -0.15) is 11.3 Å². The first-order valence-electron chi connectivity index (χ1n) is 4.92. The Kier molecular flexibility index (Phi) is 4.46. The molecule has 0 bridgehead atoms. The normalized spacial score (nSPS) is 12.6. The highest BCUT2D eigenvalue weighted by Gasteiger charge is 2.10. The monoisotopic (exact) mass is 313 g/mol. The van der Waals surface area contributed by atoms with Crippen molar-refractivity contribution in [1.82, 2.24) is 0 Å². The van der Waals surface area contributed by atoms with Crippen LogP contribution in [0.4, 0.5) is 0 Å². The van der Waals surface area contributed by atoms with E-state index in [0.717, 1.165) is 10.2 Å². The molecule has 0 radical (unpaired) electrons. The molecule has 0 amide bonds. The van der Waals surface area contributed by atoms with E-state index in [1.165, 1.54) is 10.5 Å². The molecule has 1 atom stereocenters. The molecule has 0 fully saturated rings. The van der Waals surface area contributed by atoms with Crippen molar-refractivity contribution >= 4 is 39.0 Å². The second-order valence-corrected chi connectivity index (χ2v) is 6.10. The van der Waals surface area contributed by atoms with Crippen LogP contribution in [-0.2, 0) is 0 Å². The number of rotatable bonds is 4. The van der Waals surface area contributed by atoms with Crippen molar-refractivity contribution in [2.45, 2.75) is 10.9 Å². The van der Waals surface area contributed by atoms with Gasteiger partial charge in [-0.25, -0.2) is 0 Å². The maximum atomic E-state index is 6.14. The van der Waals surface area contributed by atoms with Gasteiger partial charge in [-0.3, -0.25) is 0 Å².